The van der Waals surface area contributed by atoms with Gasteiger partial charge in [-0.1, -0.05) is 0 Å². The van der Waals surface area contributed by atoms with Crippen LogP contribution in [0.4, 0.5) is 26.3 Å². The number of carbonyl (C=O) groups excluding carboxylic acids is 2. The number of aliphatic carboxylic acids is 2. The Labute approximate surface area is 240 Å². The zero-order chi connectivity index (χ0) is 32.6. The summed E-state index contributed by atoms with van der Waals surface area (Å²) in [5, 5.41) is 14.2. The molecule has 238 valence electrons. The van der Waals surface area contributed by atoms with E-state index in [1.54, 1.807) is 35.6 Å². The van der Waals surface area contributed by atoms with Gasteiger partial charge in [0.1, 0.15) is 11.4 Å². The number of likely N-dealkylation sites (tertiary alicyclic amines) is 1. The number of carboxylic acid groups (broad SMARTS) is 2. The first-order valence-electron chi connectivity index (χ1n) is 12.7. The maximum atomic E-state index is 13.0. The van der Waals surface area contributed by atoms with Crippen molar-refractivity contribution in [3.63, 3.8) is 0 Å². The van der Waals surface area contributed by atoms with Gasteiger partial charge in [0.05, 0.1) is 12.1 Å². The molecule has 1 atom stereocenters. The topological polar surface area (TPSA) is 155 Å². The van der Waals surface area contributed by atoms with Crippen LogP contribution >= 0.6 is 0 Å². The molecular weight excluding hydrogens is 596 g/mol. The fraction of sp³-hybridized carbons (Fsp3) is 0.520. The molecule has 1 saturated heterocycles. The number of aromatic nitrogens is 3. The Morgan fingerprint density at radius 3 is 1.98 bits per heavy atom. The van der Waals surface area contributed by atoms with Gasteiger partial charge >= 0.3 is 24.3 Å². The first kappa shape index (κ1) is 35.0. The van der Waals surface area contributed by atoms with Gasteiger partial charge in [-0.2, -0.15) is 26.3 Å². The predicted octanol–water partition coefficient (Wildman–Crippen LogP) is 2.94. The molecule has 2 N–H and O–H groups in total. The van der Waals surface area contributed by atoms with Crippen LogP contribution in [0.3, 0.4) is 0 Å². The smallest absolute Gasteiger partial charge is 0.475 e. The van der Waals surface area contributed by atoms with Crippen molar-refractivity contribution in [3.8, 4) is 0 Å². The SMILES string of the molecule is CCN(CC)C(=O)C1Cn2ccnc2C2(CCN(C(=O)c3cccnc3)CC2)O1.O=C(O)C(F)(F)F.O=C(O)C(F)(F)F. The molecular formula is C25H29F6N5O7. The highest BCUT2D eigenvalue weighted by atomic mass is 19.4. The van der Waals surface area contributed by atoms with Crippen molar-refractivity contribution in [1.29, 1.82) is 0 Å². The molecule has 43 heavy (non-hydrogen) atoms. The van der Waals surface area contributed by atoms with E-state index in [0.29, 0.717) is 51.1 Å². The summed E-state index contributed by atoms with van der Waals surface area (Å²) >= 11 is 0. The number of ether oxygens (including phenoxy) is 1. The lowest BCUT2D eigenvalue weighted by atomic mass is 9.88. The molecule has 0 saturated carbocycles. The highest BCUT2D eigenvalue weighted by Crippen LogP contribution is 2.40. The number of carbonyl (C=O) groups is 4. The fourth-order valence-corrected chi connectivity index (χ4v) is 4.35. The Balaban J connectivity index is 0.000000384. The number of alkyl halides is 6. The molecule has 2 aromatic heterocycles. The summed E-state index contributed by atoms with van der Waals surface area (Å²) in [5.74, 6) is -4.67. The van der Waals surface area contributed by atoms with Gasteiger partial charge in [0.25, 0.3) is 11.8 Å². The van der Waals surface area contributed by atoms with Crippen molar-refractivity contribution in [2.75, 3.05) is 26.2 Å². The second-order valence-electron chi connectivity index (χ2n) is 9.15. The molecule has 0 aromatic carbocycles. The first-order valence-corrected chi connectivity index (χ1v) is 12.7. The predicted molar refractivity (Wildman–Crippen MR) is 133 cm³/mol. The van der Waals surface area contributed by atoms with Gasteiger partial charge in [-0.05, 0) is 26.0 Å². The largest absolute Gasteiger partial charge is 0.490 e. The number of likely N-dealkylation sites (N-methyl/N-ethyl adjacent to an activating group) is 1. The van der Waals surface area contributed by atoms with Crippen LogP contribution in [0, 0.1) is 0 Å². The van der Waals surface area contributed by atoms with Crippen molar-refractivity contribution >= 4 is 23.8 Å². The molecule has 18 heteroatoms. The highest BCUT2D eigenvalue weighted by molar-refractivity contribution is 5.94. The second kappa shape index (κ2) is 14.3. The number of piperidine rings is 1. The van der Waals surface area contributed by atoms with Crippen molar-refractivity contribution in [3.05, 3.63) is 48.3 Å². The van der Waals surface area contributed by atoms with Gasteiger partial charge in [0.2, 0.25) is 0 Å². The lowest BCUT2D eigenvalue weighted by Crippen LogP contribution is -2.55. The maximum Gasteiger partial charge on any atom is 0.490 e. The van der Waals surface area contributed by atoms with Crippen LogP contribution in [0.15, 0.2) is 36.9 Å². The minimum absolute atomic E-state index is 0.0163. The van der Waals surface area contributed by atoms with Crippen LogP contribution in [-0.4, -0.2) is 103 Å². The number of hydrogen-bond acceptors (Lipinski definition) is 7. The van der Waals surface area contributed by atoms with Gasteiger partial charge in [-0.3, -0.25) is 14.6 Å². The summed E-state index contributed by atoms with van der Waals surface area (Å²) in [5.41, 5.74) is -0.0508. The third-order valence-corrected chi connectivity index (χ3v) is 6.46. The molecule has 4 heterocycles. The normalized spacial score (nSPS) is 17.4. The molecule has 1 fully saturated rings. The molecule has 1 unspecified atom stereocenters. The molecule has 2 aromatic rings. The summed E-state index contributed by atoms with van der Waals surface area (Å²) in [6, 6.07) is 3.55. The minimum Gasteiger partial charge on any atom is -0.475 e. The van der Waals surface area contributed by atoms with Gasteiger partial charge < -0.3 is 29.3 Å². The zero-order valence-electron chi connectivity index (χ0n) is 22.9. The Morgan fingerprint density at radius 2 is 1.53 bits per heavy atom. The van der Waals surface area contributed by atoms with Crippen LogP contribution in [0.25, 0.3) is 0 Å². The number of rotatable bonds is 4. The van der Waals surface area contributed by atoms with Gasteiger partial charge in [-0.15, -0.1) is 0 Å². The molecule has 0 bridgehead atoms. The Morgan fingerprint density at radius 1 is 1.00 bits per heavy atom. The molecule has 2 aliphatic heterocycles. The Hall–Kier alpha value is -4.22. The van der Waals surface area contributed by atoms with E-state index in [0.717, 1.165) is 5.82 Å². The first-order chi connectivity index (χ1) is 20.0. The number of carboxylic acids is 2. The minimum atomic E-state index is -5.08. The van der Waals surface area contributed by atoms with Crippen molar-refractivity contribution in [2.45, 2.75) is 57.3 Å². The van der Waals surface area contributed by atoms with E-state index in [9.17, 15) is 35.9 Å². The number of fused-ring (bicyclic) bond motifs is 2. The highest BCUT2D eigenvalue weighted by Gasteiger charge is 2.48. The van der Waals surface area contributed by atoms with E-state index >= 15 is 0 Å². The molecule has 2 aliphatic rings. The zero-order valence-corrected chi connectivity index (χ0v) is 22.9. The van der Waals surface area contributed by atoms with Gasteiger partial charge in [0, 0.05) is 63.8 Å². The molecule has 12 nitrogen and oxygen atoms in total. The van der Waals surface area contributed by atoms with Crippen LogP contribution in [0.5, 0.6) is 0 Å². The molecule has 0 aliphatic carbocycles. The number of pyridine rings is 1. The maximum absolute atomic E-state index is 13.0. The summed E-state index contributed by atoms with van der Waals surface area (Å²) in [6.07, 6.45) is -2.55. The van der Waals surface area contributed by atoms with Crippen LogP contribution in [0.1, 0.15) is 42.9 Å². The van der Waals surface area contributed by atoms with Crippen LogP contribution < -0.4 is 0 Å². The Kier molecular flexibility index (Phi) is 11.6. The van der Waals surface area contributed by atoms with E-state index in [1.165, 1.54) is 0 Å². The summed E-state index contributed by atoms with van der Waals surface area (Å²) in [6.45, 7) is 6.85. The fourth-order valence-electron chi connectivity index (χ4n) is 4.35. The number of nitrogens with zero attached hydrogens (tertiary/aromatic N) is 5. The van der Waals surface area contributed by atoms with E-state index in [-0.39, 0.29) is 11.8 Å². The van der Waals surface area contributed by atoms with Crippen molar-refractivity contribution in [1.82, 2.24) is 24.3 Å². The van der Waals surface area contributed by atoms with E-state index in [1.807, 2.05) is 29.5 Å². The van der Waals surface area contributed by atoms with Crippen LogP contribution in [0.2, 0.25) is 0 Å². The van der Waals surface area contributed by atoms with Gasteiger partial charge in [-0.25, -0.2) is 14.6 Å². The van der Waals surface area contributed by atoms with Crippen molar-refractivity contribution < 1.29 is 60.5 Å². The second-order valence-corrected chi connectivity index (χ2v) is 9.15. The standard InChI is InChI=1S/C21H27N5O3.2C2HF3O2/c1-3-24(4-2)19(28)17-15-26-13-10-23-20(26)21(29-17)7-11-25(12-8-21)18(27)16-6-5-9-22-14-16;2*3-2(4,5)1(6)7/h5-6,9-10,13-14,17H,3-4,7-8,11-12,15H2,1-2H3;2*(H,6,7). The lowest BCUT2D eigenvalue weighted by Gasteiger charge is -2.46. The van der Waals surface area contributed by atoms with E-state index in [4.69, 9.17) is 24.5 Å². The lowest BCUT2D eigenvalue weighted by molar-refractivity contribution is -0.193. The van der Waals surface area contributed by atoms with Crippen LogP contribution in [-0.2, 0) is 31.3 Å². The van der Waals surface area contributed by atoms with E-state index < -0.39 is 36.0 Å². The number of halogens is 6. The van der Waals surface area contributed by atoms with Gasteiger partial charge in [0.15, 0.2) is 6.10 Å². The quantitative estimate of drug-likeness (QED) is 0.488. The summed E-state index contributed by atoms with van der Waals surface area (Å²) < 4.78 is 72.0. The molecule has 0 radical (unpaired) electrons. The number of imidazole rings is 1. The average Bonchev–Trinajstić information content (AvgIpc) is 3.44. The summed E-state index contributed by atoms with van der Waals surface area (Å²) in [4.78, 5) is 55.7. The number of amides is 2. The monoisotopic (exact) mass is 625 g/mol. The average molecular weight is 626 g/mol. The molecule has 4 rings (SSSR count). The molecule has 1 spiro atoms. The van der Waals surface area contributed by atoms with E-state index in [2.05, 4.69) is 9.97 Å². The number of hydrogen-bond donors (Lipinski definition) is 2. The Bertz CT molecular complexity index is 1230. The summed E-state index contributed by atoms with van der Waals surface area (Å²) in [7, 11) is 0. The third kappa shape index (κ3) is 9.13. The third-order valence-electron chi connectivity index (χ3n) is 6.46. The van der Waals surface area contributed by atoms with Crippen molar-refractivity contribution in [2.24, 2.45) is 0 Å². The molecule has 2 amide bonds.